The van der Waals surface area contributed by atoms with Gasteiger partial charge in [0.2, 0.25) is 0 Å². The fourth-order valence-corrected chi connectivity index (χ4v) is 4.80. The van der Waals surface area contributed by atoms with Gasteiger partial charge in [0.05, 0.1) is 4.88 Å². The van der Waals surface area contributed by atoms with Crippen molar-refractivity contribution in [2.24, 2.45) is 5.92 Å². The number of rotatable bonds is 3. The summed E-state index contributed by atoms with van der Waals surface area (Å²) >= 11 is 3.83. The Morgan fingerprint density at radius 1 is 1.29 bits per heavy atom. The van der Waals surface area contributed by atoms with Crippen molar-refractivity contribution in [3.05, 3.63) is 35.8 Å². The van der Waals surface area contributed by atoms with Gasteiger partial charge in [0.25, 0.3) is 0 Å². The quantitative estimate of drug-likeness (QED) is 0.722. The second kappa shape index (κ2) is 5.81. The van der Waals surface area contributed by atoms with Gasteiger partial charge in [0, 0.05) is 12.7 Å². The molecule has 21 heavy (non-hydrogen) atoms. The van der Waals surface area contributed by atoms with E-state index in [1.165, 1.54) is 29.2 Å². The molecule has 0 bridgehead atoms. The molecule has 0 radical (unpaired) electrons. The van der Waals surface area contributed by atoms with Crippen LogP contribution in [0.3, 0.4) is 0 Å². The Bertz CT molecular complexity index is 727. The van der Waals surface area contributed by atoms with E-state index >= 15 is 0 Å². The molecule has 4 rings (SSSR count). The monoisotopic (exact) mass is 315 g/mol. The Morgan fingerprint density at radius 2 is 2.29 bits per heavy atom. The van der Waals surface area contributed by atoms with Crippen molar-refractivity contribution in [2.75, 3.05) is 11.5 Å². The Balaban J connectivity index is 1.78. The van der Waals surface area contributed by atoms with Gasteiger partial charge >= 0.3 is 0 Å². The molecule has 5 heteroatoms. The minimum Gasteiger partial charge on any atom is -0.308 e. The van der Waals surface area contributed by atoms with Crippen LogP contribution in [-0.2, 0) is 6.54 Å². The zero-order valence-electron chi connectivity index (χ0n) is 11.7. The Hall–Kier alpha value is -1.33. The van der Waals surface area contributed by atoms with E-state index in [2.05, 4.69) is 44.9 Å². The molecule has 1 aliphatic rings. The van der Waals surface area contributed by atoms with E-state index in [1.54, 1.807) is 11.3 Å². The molecule has 1 saturated heterocycles. The van der Waals surface area contributed by atoms with Gasteiger partial charge in [-0.1, -0.05) is 6.07 Å². The highest BCUT2D eigenvalue weighted by Gasteiger charge is 2.20. The lowest BCUT2D eigenvalue weighted by atomic mass is 10.1. The third kappa shape index (κ3) is 2.60. The number of pyridine rings is 1. The van der Waals surface area contributed by atoms with Crippen molar-refractivity contribution in [3.8, 4) is 10.7 Å². The summed E-state index contributed by atoms with van der Waals surface area (Å²) < 4.78 is 2.33. The van der Waals surface area contributed by atoms with Crippen LogP contribution in [-0.4, -0.2) is 26.0 Å². The molecule has 3 nitrogen and oxygen atoms in total. The predicted molar refractivity (Wildman–Crippen MR) is 90.9 cm³/mol. The van der Waals surface area contributed by atoms with E-state index in [0.717, 1.165) is 29.5 Å². The van der Waals surface area contributed by atoms with Gasteiger partial charge in [-0.05, 0) is 53.8 Å². The molecule has 0 saturated carbocycles. The maximum absolute atomic E-state index is 4.82. The molecule has 0 aromatic carbocycles. The molecular weight excluding hydrogens is 298 g/mol. The number of fused-ring (bicyclic) bond motifs is 1. The lowest BCUT2D eigenvalue weighted by Crippen LogP contribution is -2.18. The molecule has 3 aromatic heterocycles. The summed E-state index contributed by atoms with van der Waals surface area (Å²) in [5, 5.41) is 2.11. The highest BCUT2D eigenvalue weighted by molar-refractivity contribution is 7.99. The maximum atomic E-state index is 4.82. The van der Waals surface area contributed by atoms with Crippen LogP contribution in [0.25, 0.3) is 21.9 Å². The van der Waals surface area contributed by atoms with Crippen molar-refractivity contribution in [2.45, 2.75) is 19.4 Å². The molecular formula is C16H17N3S2. The zero-order chi connectivity index (χ0) is 14.1. The average molecular weight is 315 g/mol. The van der Waals surface area contributed by atoms with Crippen LogP contribution in [0.15, 0.2) is 35.8 Å². The summed E-state index contributed by atoms with van der Waals surface area (Å²) in [6.45, 7) is 1.04. The lowest BCUT2D eigenvalue weighted by Gasteiger charge is -2.22. The molecule has 0 spiro atoms. The summed E-state index contributed by atoms with van der Waals surface area (Å²) in [6, 6.07) is 8.27. The molecule has 108 valence electrons. The predicted octanol–water partition coefficient (Wildman–Crippen LogP) is 4.30. The van der Waals surface area contributed by atoms with E-state index in [4.69, 9.17) is 4.98 Å². The summed E-state index contributed by atoms with van der Waals surface area (Å²) in [4.78, 5) is 10.6. The van der Waals surface area contributed by atoms with Gasteiger partial charge in [-0.3, -0.25) is 0 Å². The highest BCUT2D eigenvalue weighted by Crippen LogP contribution is 2.30. The van der Waals surface area contributed by atoms with Gasteiger partial charge in [-0.15, -0.1) is 11.3 Å². The topological polar surface area (TPSA) is 30.7 Å². The van der Waals surface area contributed by atoms with Crippen LogP contribution in [0.1, 0.15) is 12.8 Å². The van der Waals surface area contributed by atoms with Crippen LogP contribution < -0.4 is 0 Å². The van der Waals surface area contributed by atoms with Gasteiger partial charge in [-0.25, -0.2) is 9.97 Å². The molecule has 1 aliphatic heterocycles. The van der Waals surface area contributed by atoms with E-state index in [9.17, 15) is 0 Å². The van der Waals surface area contributed by atoms with Crippen LogP contribution in [0.2, 0.25) is 0 Å². The van der Waals surface area contributed by atoms with Crippen molar-refractivity contribution >= 4 is 34.3 Å². The molecule has 1 atom stereocenters. The van der Waals surface area contributed by atoms with E-state index in [-0.39, 0.29) is 0 Å². The molecule has 0 aliphatic carbocycles. The number of imidazole rings is 1. The normalized spacial score (nSPS) is 19.1. The molecule has 0 amide bonds. The first kappa shape index (κ1) is 13.3. The van der Waals surface area contributed by atoms with Gasteiger partial charge in [0.15, 0.2) is 11.5 Å². The molecule has 1 unspecified atom stereocenters. The van der Waals surface area contributed by atoms with Crippen LogP contribution in [0.5, 0.6) is 0 Å². The Labute approximate surface area is 132 Å². The summed E-state index contributed by atoms with van der Waals surface area (Å²) in [6.07, 6.45) is 4.53. The number of aromatic nitrogens is 3. The minimum atomic E-state index is 0.738. The van der Waals surface area contributed by atoms with Crippen LogP contribution in [0, 0.1) is 5.92 Å². The molecule has 4 heterocycles. The SMILES string of the molecule is c1csc(-c2nc3cccnc3n2CC2CCCSC2)c1. The Kier molecular flexibility index (Phi) is 3.69. The maximum Gasteiger partial charge on any atom is 0.160 e. The standard InChI is InChI=1S/C16H17N3S2/c1-5-13-15(17-7-1)19(10-12-4-2-8-20-11-12)16(18-13)14-6-3-9-21-14/h1,3,5-7,9,12H,2,4,8,10-11H2. The van der Waals surface area contributed by atoms with Crippen molar-refractivity contribution < 1.29 is 0 Å². The highest BCUT2D eigenvalue weighted by atomic mass is 32.2. The van der Waals surface area contributed by atoms with E-state index in [0.29, 0.717) is 0 Å². The second-order valence-electron chi connectivity index (χ2n) is 5.45. The van der Waals surface area contributed by atoms with Gasteiger partial charge in [0.1, 0.15) is 5.52 Å². The smallest absolute Gasteiger partial charge is 0.160 e. The molecule has 0 N–H and O–H groups in total. The first-order chi connectivity index (χ1) is 10.4. The number of hydrogen-bond acceptors (Lipinski definition) is 4. The van der Waals surface area contributed by atoms with Crippen molar-refractivity contribution in [1.82, 2.24) is 14.5 Å². The van der Waals surface area contributed by atoms with Gasteiger partial charge < -0.3 is 4.57 Å². The van der Waals surface area contributed by atoms with Crippen LogP contribution in [0.4, 0.5) is 0 Å². The first-order valence-corrected chi connectivity index (χ1v) is 9.38. The second-order valence-corrected chi connectivity index (χ2v) is 7.55. The van der Waals surface area contributed by atoms with E-state index in [1.807, 2.05) is 12.3 Å². The number of thiophene rings is 1. The summed E-state index contributed by atoms with van der Waals surface area (Å²) in [5.74, 6) is 4.39. The minimum absolute atomic E-state index is 0.738. The van der Waals surface area contributed by atoms with Gasteiger partial charge in [-0.2, -0.15) is 11.8 Å². The number of nitrogens with zero attached hydrogens (tertiary/aromatic N) is 3. The largest absolute Gasteiger partial charge is 0.308 e. The third-order valence-electron chi connectivity index (χ3n) is 3.94. The fraction of sp³-hybridized carbons (Fsp3) is 0.375. The summed E-state index contributed by atoms with van der Waals surface area (Å²) in [7, 11) is 0. The molecule has 1 fully saturated rings. The third-order valence-corrected chi connectivity index (χ3v) is 6.09. The zero-order valence-corrected chi connectivity index (χ0v) is 13.4. The first-order valence-electron chi connectivity index (χ1n) is 7.35. The Morgan fingerprint density at radius 3 is 3.10 bits per heavy atom. The van der Waals surface area contributed by atoms with Crippen molar-refractivity contribution in [1.29, 1.82) is 0 Å². The van der Waals surface area contributed by atoms with Crippen LogP contribution >= 0.6 is 23.1 Å². The average Bonchev–Trinajstić information content (AvgIpc) is 3.16. The lowest BCUT2D eigenvalue weighted by molar-refractivity contribution is 0.453. The fourth-order valence-electron chi connectivity index (χ4n) is 2.93. The van der Waals surface area contributed by atoms with Crippen molar-refractivity contribution in [3.63, 3.8) is 0 Å². The molecule has 3 aromatic rings. The summed E-state index contributed by atoms with van der Waals surface area (Å²) in [5.41, 5.74) is 2.03. The number of thioether (sulfide) groups is 1. The number of hydrogen-bond donors (Lipinski definition) is 0. The van der Waals surface area contributed by atoms with E-state index < -0.39 is 0 Å².